The third kappa shape index (κ3) is 5.14. The maximum Gasteiger partial charge on any atom is 0.303 e. The molecule has 1 aromatic carbocycles. The summed E-state index contributed by atoms with van der Waals surface area (Å²) in [5.74, 6) is -0.733. The van der Waals surface area contributed by atoms with Crippen molar-refractivity contribution >= 4 is 5.97 Å². The summed E-state index contributed by atoms with van der Waals surface area (Å²) in [5, 5.41) is 8.77. The molecule has 0 aliphatic carbocycles. The molecule has 1 saturated heterocycles. The van der Waals surface area contributed by atoms with Crippen molar-refractivity contribution in [1.82, 2.24) is 9.80 Å². The minimum Gasteiger partial charge on any atom is -0.481 e. The van der Waals surface area contributed by atoms with Gasteiger partial charge in [-0.25, -0.2) is 0 Å². The van der Waals surface area contributed by atoms with E-state index in [2.05, 4.69) is 36.0 Å². The molecule has 0 radical (unpaired) electrons. The Bertz CT molecular complexity index is 468. The maximum atomic E-state index is 10.7. The fourth-order valence-electron chi connectivity index (χ4n) is 2.99. The van der Waals surface area contributed by atoms with Crippen LogP contribution in [0.5, 0.6) is 0 Å². The third-order valence-electron chi connectivity index (χ3n) is 4.36. The highest BCUT2D eigenvalue weighted by molar-refractivity contribution is 5.67. The summed E-state index contributed by atoms with van der Waals surface area (Å²) in [5.41, 5.74) is 2.39. The van der Waals surface area contributed by atoms with Gasteiger partial charge >= 0.3 is 5.97 Å². The van der Waals surface area contributed by atoms with Gasteiger partial charge in [-0.15, -0.1) is 0 Å². The zero-order valence-electron chi connectivity index (χ0n) is 13.1. The number of aliphatic carboxylic acids is 1. The smallest absolute Gasteiger partial charge is 0.303 e. The quantitative estimate of drug-likeness (QED) is 0.872. The first-order chi connectivity index (χ1) is 10.0. The minimum absolute atomic E-state index is 0.203. The van der Waals surface area contributed by atoms with E-state index in [0.717, 1.165) is 12.1 Å². The fraction of sp³-hybridized carbons (Fsp3) is 0.588. The molecule has 4 nitrogen and oxygen atoms in total. The van der Waals surface area contributed by atoms with Gasteiger partial charge < -0.3 is 10.0 Å². The van der Waals surface area contributed by atoms with Crippen molar-refractivity contribution in [3.63, 3.8) is 0 Å². The van der Waals surface area contributed by atoms with E-state index < -0.39 is 5.97 Å². The molecule has 1 aromatic rings. The molecule has 0 unspecified atom stereocenters. The highest BCUT2D eigenvalue weighted by Gasteiger charge is 2.20. The van der Waals surface area contributed by atoms with Crippen molar-refractivity contribution in [3.05, 3.63) is 35.4 Å². The van der Waals surface area contributed by atoms with Gasteiger partial charge in [0.05, 0.1) is 0 Å². The van der Waals surface area contributed by atoms with E-state index in [1.54, 1.807) is 0 Å². The summed E-state index contributed by atoms with van der Waals surface area (Å²) in [6.07, 6.45) is 3.27. The predicted molar refractivity (Wildman–Crippen MR) is 84.4 cm³/mol. The molecule has 0 spiro atoms. The molecule has 1 heterocycles. The van der Waals surface area contributed by atoms with Crippen molar-refractivity contribution in [2.75, 3.05) is 27.2 Å². The van der Waals surface area contributed by atoms with Crippen molar-refractivity contribution in [2.24, 2.45) is 0 Å². The molecule has 1 aliphatic rings. The first-order valence-corrected chi connectivity index (χ1v) is 7.73. The Hall–Kier alpha value is -1.39. The Kier molecular flexibility index (Phi) is 5.76. The zero-order chi connectivity index (χ0) is 15.2. The van der Waals surface area contributed by atoms with Gasteiger partial charge in [0, 0.05) is 19.0 Å². The lowest BCUT2D eigenvalue weighted by molar-refractivity contribution is -0.136. The minimum atomic E-state index is -0.733. The van der Waals surface area contributed by atoms with Gasteiger partial charge in [-0.1, -0.05) is 24.3 Å². The van der Waals surface area contributed by atoms with Gasteiger partial charge in [0.25, 0.3) is 0 Å². The highest BCUT2D eigenvalue weighted by Crippen LogP contribution is 2.17. The van der Waals surface area contributed by atoms with Crippen LogP contribution in [0.25, 0.3) is 0 Å². The average molecular weight is 290 g/mol. The average Bonchev–Trinajstić information content (AvgIpc) is 2.46. The lowest BCUT2D eigenvalue weighted by atomic mass is 10.0. The van der Waals surface area contributed by atoms with E-state index in [9.17, 15) is 4.79 Å². The lowest BCUT2D eigenvalue weighted by Gasteiger charge is -2.35. The van der Waals surface area contributed by atoms with E-state index in [0.29, 0.717) is 12.5 Å². The van der Waals surface area contributed by atoms with Crippen LogP contribution >= 0.6 is 0 Å². The number of carboxylic acids is 1. The number of hydrogen-bond acceptors (Lipinski definition) is 3. The Balaban J connectivity index is 1.89. The van der Waals surface area contributed by atoms with E-state index in [-0.39, 0.29) is 6.42 Å². The van der Waals surface area contributed by atoms with Gasteiger partial charge in [-0.2, -0.15) is 0 Å². The SMILES string of the molecule is CN1CCC(N(C)Cc2cccc(CCC(=O)O)c2)CC1. The number of rotatable bonds is 6. The van der Waals surface area contributed by atoms with Crippen LogP contribution < -0.4 is 0 Å². The van der Waals surface area contributed by atoms with Gasteiger partial charge in [-0.3, -0.25) is 9.69 Å². The summed E-state index contributed by atoms with van der Waals surface area (Å²) in [4.78, 5) is 15.5. The normalized spacial score (nSPS) is 17.3. The second kappa shape index (κ2) is 7.57. The Morgan fingerprint density at radius 2 is 2.00 bits per heavy atom. The standard InChI is InChI=1S/C17H26N2O2/c1-18-10-8-16(9-11-18)19(2)13-15-5-3-4-14(12-15)6-7-17(20)21/h3-5,12,16H,6-11,13H2,1-2H3,(H,20,21). The van der Waals surface area contributed by atoms with Crippen LogP contribution in [-0.4, -0.2) is 54.1 Å². The first kappa shape index (κ1) is 16.0. The molecule has 4 heteroatoms. The molecule has 0 aromatic heterocycles. The van der Waals surface area contributed by atoms with Crippen LogP contribution in [0.15, 0.2) is 24.3 Å². The van der Waals surface area contributed by atoms with Crippen molar-refractivity contribution in [3.8, 4) is 0 Å². The molecule has 0 bridgehead atoms. The molecule has 116 valence electrons. The van der Waals surface area contributed by atoms with Gasteiger partial charge in [0.2, 0.25) is 0 Å². The van der Waals surface area contributed by atoms with E-state index in [1.165, 1.54) is 31.5 Å². The van der Waals surface area contributed by atoms with Crippen LogP contribution in [0.4, 0.5) is 0 Å². The number of likely N-dealkylation sites (tertiary alicyclic amines) is 1. The van der Waals surface area contributed by atoms with Crippen LogP contribution in [0.3, 0.4) is 0 Å². The topological polar surface area (TPSA) is 43.8 Å². The number of nitrogens with zero attached hydrogens (tertiary/aromatic N) is 2. The number of carboxylic acid groups (broad SMARTS) is 1. The van der Waals surface area contributed by atoms with Crippen molar-refractivity contribution in [1.29, 1.82) is 0 Å². The number of carbonyl (C=O) groups is 1. The monoisotopic (exact) mass is 290 g/mol. The molecule has 1 aliphatic heterocycles. The maximum absolute atomic E-state index is 10.7. The number of benzene rings is 1. The third-order valence-corrected chi connectivity index (χ3v) is 4.36. The summed E-state index contributed by atoms with van der Waals surface area (Å²) in [7, 11) is 4.38. The van der Waals surface area contributed by atoms with Gasteiger partial charge in [0.15, 0.2) is 0 Å². The molecule has 0 atom stereocenters. The summed E-state index contributed by atoms with van der Waals surface area (Å²) in [6.45, 7) is 3.29. The molecule has 2 rings (SSSR count). The molecule has 0 saturated carbocycles. The van der Waals surface area contributed by atoms with E-state index in [1.807, 2.05) is 12.1 Å². The molecular weight excluding hydrogens is 264 g/mol. The van der Waals surface area contributed by atoms with Gasteiger partial charge in [0.1, 0.15) is 0 Å². The Morgan fingerprint density at radius 3 is 2.67 bits per heavy atom. The van der Waals surface area contributed by atoms with E-state index >= 15 is 0 Å². The van der Waals surface area contributed by atoms with Crippen LogP contribution in [-0.2, 0) is 17.8 Å². The molecule has 1 N–H and O–H groups in total. The molecule has 21 heavy (non-hydrogen) atoms. The predicted octanol–water partition coefficient (Wildman–Crippen LogP) is 2.23. The number of aryl methyl sites for hydroxylation is 1. The second-order valence-corrected chi connectivity index (χ2v) is 6.16. The van der Waals surface area contributed by atoms with Gasteiger partial charge in [-0.05, 0) is 57.6 Å². The van der Waals surface area contributed by atoms with Crippen molar-refractivity contribution < 1.29 is 9.90 Å². The number of piperidine rings is 1. The lowest BCUT2D eigenvalue weighted by Crippen LogP contribution is -2.41. The summed E-state index contributed by atoms with van der Waals surface area (Å²) in [6, 6.07) is 8.99. The summed E-state index contributed by atoms with van der Waals surface area (Å²) < 4.78 is 0. The molecule has 1 fully saturated rings. The highest BCUT2D eigenvalue weighted by atomic mass is 16.4. The van der Waals surface area contributed by atoms with Crippen LogP contribution in [0.1, 0.15) is 30.4 Å². The zero-order valence-corrected chi connectivity index (χ0v) is 13.1. The largest absolute Gasteiger partial charge is 0.481 e. The first-order valence-electron chi connectivity index (χ1n) is 7.73. The Morgan fingerprint density at radius 1 is 1.33 bits per heavy atom. The van der Waals surface area contributed by atoms with Crippen molar-refractivity contribution in [2.45, 2.75) is 38.3 Å². The summed E-state index contributed by atoms with van der Waals surface area (Å²) >= 11 is 0. The molecule has 0 amide bonds. The van der Waals surface area contributed by atoms with Crippen LogP contribution in [0.2, 0.25) is 0 Å². The van der Waals surface area contributed by atoms with E-state index in [4.69, 9.17) is 5.11 Å². The fourth-order valence-corrected chi connectivity index (χ4v) is 2.99. The molecular formula is C17H26N2O2. The number of hydrogen-bond donors (Lipinski definition) is 1. The second-order valence-electron chi connectivity index (χ2n) is 6.16. The Labute approximate surface area is 127 Å². The van der Waals surface area contributed by atoms with Crippen LogP contribution in [0, 0.1) is 0 Å².